The van der Waals surface area contributed by atoms with Gasteiger partial charge in [-0.05, 0) is 83.5 Å². The number of esters is 2. The SMILES string of the molecule is CC/C=C\C/C=C\C/C=C\C/C=C\CCCCCCCCCCC(=O)OC(COC(=O)CCCCCCCCCCC/C=C\C/C=C\CCCCCCC)COP(=O)(O)OCC(O)CO. The predicted molar refractivity (Wildman–Crippen MR) is 270 cm³/mol. The van der Waals surface area contributed by atoms with Crippen molar-refractivity contribution in [2.45, 2.75) is 232 Å². The minimum atomic E-state index is -4.63. The summed E-state index contributed by atoms with van der Waals surface area (Å²) in [7, 11) is -4.63. The molecule has 376 valence electrons. The van der Waals surface area contributed by atoms with Gasteiger partial charge in [-0.25, -0.2) is 4.57 Å². The summed E-state index contributed by atoms with van der Waals surface area (Å²) in [6.07, 6.45) is 58.6. The lowest BCUT2D eigenvalue weighted by Crippen LogP contribution is -2.29. The van der Waals surface area contributed by atoms with Gasteiger partial charge in [-0.3, -0.25) is 18.6 Å². The number of phosphoric ester groups is 1. The van der Waals surface area contributed by atoms with E-state index >= 15 is 0 Å². The van der Waals surface area contributed by atoms with Crippen molar-refractivity contribution in [3.05, 3.63) is 72.9 Å². The van der Waals surface area contributed by atoms with Crippen LogP contribution in [0, 0.1) is 0 Å². The van der Waals surface area contributed by atoms with Crippen molar-refractivity contribution in [3.8, 4) is 0 Å². The van der Waals surface area contributed by atoms with Crippen molar-refractivity contribution >= 4 is 19.8 Å². The summed E-state index contributed by atoms with van der Waals surface area (Å²) < 4.78 is 32.9. The van der Waals surface area contributed by atoms with Crippen LogP contribution in [0.5, 0.6) is 0 Å². The molecule has 0 aliphatic rings. The molecule has 0 fully saturated rings. The number of rotatable bonds is 48. The molecule has 0 spiro atoms. The number of carbonyl (C=O) groups excluding carboxylic acids is 2. The van der Waals surface area contributed by atoms with Gasteiger partial charge >= 0.3 is 19.8 Å². The van der Waals surface area contributed by atoms with Crippen LogP contribution in [0.15, 0.2) is 72.9 Å². The number of aliphatic hydroxyl groups is 2. The van der Waals surface area contributed by atoms with Crippen molar-refractivity contribution in [2.24, 2.45) is 0 Å². The van der Waals surface area contributed by atoms with Crippen LogP contribution < -0.4 is 0 Å². The summed E-state index contributed by atoms with van der Waals surface area (Å²) >= 11 is 0. The zero-order chi connectivity index (χ0) is 47.6. The van der Waals surface area contributed by atoms with E-state index in [1.165, 1.54) is 96.3 Å². The molecule has 11 heteroatoms. The largest absolute Gasteiger partial charge is 0.472 e. The second kappa shape index (κ2) is 49.3. The third-order valence-corrected chi connectivity index (χ3v) is 11.8. The molecule has 0 aromatic rings. The minimum absolute atomic E-state index is 0.171. The number of hydrogen-bond acceptors (Lipinski definition) is 9. The highest BCUT2D eigenvalue weighted by molar-refractivity contribution is 7.47. The van der Waals surface area contributed by atoms with Crippen molar-refractivity contribution in [3.63, 3.8) is 0 Å². The van der Waals surface area contributed by atoms with Crippen LogP contribution in [0.1, 0.15) is 219 Å². The number of ether oxygens (including phenoxy) is 2. The number of unbranched alkanes of at least 4 members (excludes halogenated alkanes) is 22. The molecule has 3 unspecified atom stereocenters. The number of aliphatic hydroxyl groups excluding tert-OH is 2. The van der Waals surface area contributed by atoms with E-state index in [0.29, 0.717) is 12.8 Å². The Morgan fingerprint density at radius 1 is 0.477 bits per heavy atom. The van der Waals surface area contributed by atoms with E-state index in [1.807, 2.05) is 0 Å². The number of allylic oxidation sites excluding steroid dienone is 12. The van der Waals surface area contributed by atoms with E-state index in [2.05, 4.69) is 86.8 Å². The Bertz CT molecular complexity index is 1310. The predicted octanol–water partition coefficient (Wildman–Crippen LogP) is 14.8. The maximum atomic E-state index is 12.7. The van der Waals surface area contributed by atoms with Gasteiger partial charge in [0.25, 0.3) is 0 Å². The topological polar surface area (TPSA) is 149 Å². The maximum Gasteiger partial charge on any atom is 0.472 e. The molecular formula is C54H95O10P. The van der Waals surface area contributed by atoms with Crippen LogP contribution in [0.25, 0.3) is 0 Å². The lowest BCUT2D eigenvalue weighted by atomic mass is 10.1. The van der Waals surface area contributed by atoms with Crippen LogP contribution in [0.2, 0.25) is 0 Å². The molecule has 0 amide bonds. The fraction of sp³-hybridized carbons (Fsp3) is 0.741. The number of hydrogen-bond donors (Lipinski definition) is 3. The first-order valence-corrected chi connectivity index (χ1v) is 27.4. The van der Waals surface area contributed by atoms with E-state index in [0.717, 1.165) is 83.5 Å². The molecular weight excluding hydrogens is 840 g/mol. The molecule has 0 aliphatic heterocycles. The fourth-order valence-corrected chi connectivity index (χ4v) is 7.69. The number of phosphoric acid groups is 1. The summed E-state index contributed by atoms with van der Waals surface area (Å²) in [5.74, 6) is -0.938. The van der Waals surface area contributed by atoms with Crippen LogP contribution in [-0.2, 0) is 32.7 Å². The highest BCUT2D eigenvalue weighted by Gasteiger charge is 2.27. The Labute approximate surface area is 397 Å². The van der Waals surface area contributed by atoms with Gasteiger partial charge in [-0.15, -0.1) is 0 Å². The van der Waals surface area contributed by atoms with Crippen molar-refractivity contribution < 1.29 is 47.8 Å². The first kappa shape index (κ1) is 62.4. The molecule has 0 saturated carbocycles. The lowest BCUT2D eigenvalue weighted by molar-refractivity contribution is -0.161. The second-order valence-corrected chi connectivity index (χ2v) is 18.6. The Morgan fingerprint density at radius 3 is 1.28 bits per heavy atom. The molecule has 0 rings (SSSR count). The van der Waals surface area contributed by atoms with E-state index in [-0.39, 0.29) is 19.4 Å². The fourth-order valence-electron chi connectivity index (χ4n) is 6.90. The zero-order valence-corrected chi connectivity index (χ0v) is 42.1. The summed E-state index contributed by atoms with van der Waals surface area (Å²) in [5, 5.41) is 18.4. The monoisotopic (exact) mass is 935 g/mol. The standard InChI is InChI=1S/C54H95O10P/c1-3-5-7-9-11-13-15-17-19-21-23-25-27-29-31-33-35-37-39-41-43-45-53(57)61-49-52(50-63-65(59,60)62-48-51(56)47-55)64-54(58)46-44-42-40-38-36-34-32-30-28-26-24-22-20-18-16-14-12-10-8-6-4-2/h6,8,12,14-15,17-18,20-21,23-24,26,51-52,55-56H,3-5,7,9-11,13,16,19,22,25,27-50H2,1-2H3,(H,59,60)/b8-6-,14-12-,17-15-,20-18-,23-21-,26-24-. The normalized spacial score (nSPS) is 14.2. The Morgan fingerprint density at radius 2 is 0.846 bits per heavy atom. The molecule has 3 atom stereocenters. The molecule has 65 heavy (non-hydrogen) atoms. The Kier molecular flexibility index (Phi) is 47.4. The van der Waals surface area contributed by atoms with Crippen molar-refractivity contribution in [2.75, 3.05) is 26.4 Å². The van der Waals surface area contributed by atoms with Gasteiger partial charge in [0, 0.05) is 12.8 Å². The van der Waals surface area contributed by atoms with E-state index in [4.69, 9.17) is 23.6 Å². The molecule has 10 nitrogen and oxygen atoms in total. The average Bonchev–Trinajstić information content (AvgIpc) is 3.30. The molecule has 0 aliphatic carbocycles. The Hall–Kier alpha value is -2.59. The van der Waals surface area contributed by atoms with Gasteiger partial charge in [-0.2, -0.15) is 0 Å². The average molecular weight is 935 g/mol. The van der Waals surface area contributed by atoms with E-state index in [1.54, 1.807) is 0 Å². The molecule has 0 aromatic heterocycles. The third-order valence-electron chi connectivity index (χ3n) is 10.8. The first-order valence-electron chi connectivity index (χ1n) is 25.9. The summed E-state index contributed by atoms with van der Waals surface area (Å²) in [6.45, 7) is 2.26. The lowest BCUT2D eigenvalue weighted by Gasteiger charge is -2.20. The van der Waals surface area contributed by atoms with Crippen LogP contribution in [-0.4, -0.2) is 65.7 Å². The zero-order valence-electron chi connectivity index (χ0n) is 41.2. The third kappa shape index (κ3) is 49.1. The Balaban J connectivity index is 4.21. The van der Waals surface area contributed by atoms with Crippen LogP contribution in [0.3, 0.4) is 0 Å². The van der Waals surface area contributed by atoms with Gasteiger partial charge in [0.05, 0.1) is 19.8 Å². The highest BCUT2D eigenvalue weighted by Crippen LogP contribution is 2.43. The van der Waals surface area contributed by atoms with Gasteiger partial charge in [-0.1, -0.05) is 196 Å². The smallest absolute Gasteiger partial charge is 0.462 e. The molecule has 0 bridgehead atoms. The number of carbonyl (C=O) groups is 2. The van der Waals surface area contributed by atoms with Gasteiger partial charge in [0.1, 0.15) is 12.7 Å². The molecule has 0 saturated heterocycles. The molecule has 0 heterocycles. The van der Waals surface area contributed by atoms with Crippen LogP contribution >= 0.6 is 7.82 Å². The summed E-state index contributed by atoms with van der Waals surface area (Å²) in [5.41, 5.74) is 0. The summed E-state index contributed by atoms with van der Waals surface area (Å²) in [6, 6.07) is 0. The molecule has 0 radical (unpaired) electrons. The maximum absolute atomic E-state index is 12.7. The molecule has 0 aromatic carbocycles. The van der Waals surface area contributed by atoms with Gasteiger partial charge in [0.15, 0.2) is 6.10 Å². The first-order chi connectivity index (χ1) is 31.7. The van der Waals surface area contributed by atoms with Crippen molar-refractivity contribution in [1.82, 2.24) is 0 Å². The van der Waals surface area contributed by atoms with E-state index < -0.39 is 51.8 Å². The molecule has 3 N–H and O–H groups in total. The highest BCUT2D eigenvalue weighted by atomic mass is 31.2. The second-order valence-electron chi connectivity index (χ2n) is 17.2. The quantitative estimate of drug-likeness (QED) is 0.0233. The summed E-state index contributed by atoms with van der Waals surface area (Å²) in [4.78, 5) is 35.2. The van der Waals surface area contributed by atoms with Gasteiger partial charge < -0.3 is 24.6 Å². The minimum Gasteiger partial charge on any atom is -0.462 e. The van der Waals surface area contributed by atoms with E-state index in [9.17, 15) is 24.2 Å². The van der Waals surface area contributed by atoms with Gasteiger partial charge in [0.2, 0.25) is 0 Å². The van der Waals surface area contributed by atoms with Crippen LogP contribution in [0.4, 0.5) is 0 Å². The van der Waals surface area contributed by atoms with Crippen molar-refractivity contribution in [1.29, 1.82) is 0 Å².